The van der Waals surface area contributed by atoms with E-state index in [-0.39, 0.29) is 0 Å². The van der Waals surface area contributed by atoms with Crippen molar-refractivity contribution < 1.29 is 4.57 Å². The van der Waals surface area contributed by atoms with Crippen LogP contribution in [0.4, 0.5) is 0 Å². The number of rotatable bonds is 11. The smallest absolute Gasteiger partial charge is 0.178 e. The third-order valence-corrected chi connectivity index (χ3v) is 3.92. The summed E-state index contributed by atoms with van der Waals surface area (Å²) in [4.78, 5) is 0. The highest BCUT2D eigenvalue weighted by molar-refractivity contribution is 4.93. The van der Waals surface area contributed by atoms with E-state index in [2.05, 4.69) is 42.8 Å². The highest BCUT2D eigenvalue weighted by atomic mass is 14.9. The van der Waals surface area contributed by atoms with Crippen LogP contribution in [-0.2, 0) is 6.54 Å². The number of hydrogen-bond acceptors (Lipinski definition) is 1. The van der Waals surface area contributed by atoms with Crippen molar-refractivity contribution in [3.8, 4) is 0 Å². The van der Waals surface area contributed by atoms with Gasteiger partial charge in [0.05, 0.1) is 0 Å². The van der Waals surface area contributed by atoms with Gasteiger partial charge in [0.15, 0.2) is 11.9 Å². The Morgan fingerprint density at radius 3 is 1.90 bits per heavy atom. The fraction of sp³-hybridized carbons (Fsp3) is 0.684. The molecule has 0 bridgehead atoms. The van der Waals surface area contributed by atoms with Crippen molar-refractivity contribution in [2.75, 3.05) is 0 Å². The largest absolute Gasteiger partial charge is 0.512 e. The Morgan fingerprint density at radius 2 is 1.38 bits per heavy atom. The molecule has 0 spiro atoms. The Kier molecular flexibility index (Phi) is 14.1. The predicted octanol–water partition coefficient (Wildman–Crippen LogP) is 5.30. The molecule has 0 saturated carbocycles. The summed E-state index contributed by atoms with van der Waals surface area (Å²) < 4.78 is 2.37. The van der Waals surface area contributed by atoms with Gasteiger partial charge in [0.2, 0.25) is 0 Å². The van der Waals surface area contributed by atoms with Gasteiger partial charge >= 0.3 is 0 Å². The first-order valence-corrected chi connectivity index (χ1v) is 8.52. The summed E-state index contributed by atoms with van der Waals surface area (Å²) in [5.41, 5.74) is 1.37. The van der Waals surface area contributed by atoms with E-state index in [0.717, 1.165) is 0 Å². The molecule has 0 aliphatic carbocycles. The van der Waals surface area contributed by atoms with Crippen molar-refractivity contribution in [2.45, 2.75) is 84.6 Å². The van der Waals surface area contributed by atoms with Crippen molar-refractivity contribution in [1.82, 2.24) is 0 Å². The molecule has 21 heavy (non-hydrogen) atoms. The topological polar surface area (TPSA) is 27.7 Å². The Hall–Kier alpha value is -1.36. The minimum absolute atomic E-state index is 1.18. The first kappa shape index (κ1) is 19.6. The van der Waals surface area contributed by atoms with Gasteiger partial charge in [0.1, 0.15) is 6.54 Å². The third kappa shape index (κ3) is 11.0. The average Bonchev–Trinajstić information content (AvgIpc) is 2.53. The number of unbranched alkanes of at least 4 members (excludes halogenated alkanes) is 9. The van der Waals surface area contributed by atoms with Crippen molar-refractivity contribution in [3.63, 3.8) is 0 Å². The highest BCUT2D eigenvalue weighted by Gasteiger charge is 2.02. The van der Waals surface area contributed by atoms with Crippen LogP contribution in [0.2, 0.25) is 0 Å². The molecule has 1 rings (SSSR count). The van der Waals surface area contributed by atoms with E-state index in [1.54, 1.807) is 0 Å². The van der Waals surface area contributed by atoms with Crippen LogP contribution in [0, 0.1) is 18.8 Å². The molecular formula is C19H32N2. The van der Waals surface area contributed by atoms with E-state index in [0.29, 0.717) is 0 Å². The Labute approximate surface area is 131 Å². The van der Waals surface area contributed by atoms with E-state index < -0.39 is 0 Å². The van der Waals surface area contributed by atoms with Crippen molar-refractivity contribution >= 4 is 0 Å². The second-order valence-corrected chi connectivity index (χ2v) is 5.72. The van der Waals surface area contributed by atoms with Gasteiger partial charge in [0, 0.05) is 25.5 Å². The molecule has 0 saturated heterocycles. The SMILES string of the molecule is CCCCCCCCCCCC[n+]1ccccc1C.[C-]#N. The van der Waals surface area contributed by atoms with E-state index in [4.69, 9.17) is 11.8 Å². The minimum Gasteiger partial charge on any atom is -0.512 e. The van der Waals surface area contributed by atoms with Crippen LogP contribution in [0.5, 0.6) is 0 Å². The number of aromatic nitrogens is 1. The van der Waals surface area contributed by atoms with Gasteiger partial charge in [-0.3, -0.25) is 0 Å². The molecule has 0 fully saturated rings. The molecule has 0 aliphatic heterocycles. The molecule has 0 radical (unpaired) electrons. The summed E-state index contributed by atoms with van der Waals surface area (Å²) in [6.07, 6.45) is 16.3. The first-order chi connectivity index (χ1) is 10.3. The minimum atomic E-state index is 1.18. The van der Waals surface area contributed by atoms with E-state index in [1.807, 2.05) is 0 Å². The van der Waals surface area contributed by atoms with Gasteiger partial charge in [0.25, 0.3) is 0 Å². The van der Waals surface area contributed by atoms with Gasteiger partial charge in [-0.05, 0) is 6.42 Å². The van der Waals surface area contributed by atoms with Gasteiger partial charge in [-0.2, -0.15) is 0 Å². The maximum Gasteiger partial charge on any atom is 0.178 e. The number of hydrogen-bond donors (Lipinski definition) is 0. The van der Waals surface area contributed by atoms with Crippen LogP contribution in [0.3, 0.4) is 0 Å². The van der Waals surface area contributed by atoms with Crippen LogP contribution in [0.1, 0.15) is 76.8 Å². The quantitative estimate of drug-likeness (QED) is 0.308. The van der Waals surface area contributed by atoms with Crippen molar-refractivity contribution in [3.05, 3.63) is 36.7 Å². The van der Waals surface area contributed by atoms with Crippen LogP contribution < -0.4 is 4.57 Å². The van der Waals surface area contributed by atoms with Gasteiger partial charge in [-0.1, -0.05) is 64.4 Å². The summed E-state index contributed by atoms with van der Waals surface area (Å²) in [7, 11) is 0. The molecule has 1 aromatic rings. The lowest BCUT2D eigenvalue weighted by molar-refractivity contribution is -0.703. The molecule has 0 aliphatic rings. The standard InChI is InChI=1S/C18H32N.CN/c1-3-4-5-6-7-8-9-10-11-13-16-19-17-14-12-15-18(19)2;1-2/h12,14-15,17H,3-11,13,16H2,1-2H3;/q+1;-1. The van der Waals surface area contributed by atoms with Crippen LogP contribution in [-0.4, -0.2) is 0 Å². The second kappa shape index (κ2) is 15.0. The molecule has 118 valence electrons. The van der Waals surface area contributed by atoms with E-state index in [9.17, 15) is 0 Å². The molecule has 0 amide bonds. The number of pyridine rings is 1. The molecule has 0 aromatic carbocycles. The molecule has 2 nitrogen and oxygen atoms in total. The zero-order valence-electron chi connectivity index (χ0n) is 14.0. The zero-order valence-corrected chi connectivity index (χ0v) is 14.0. The summed E-state index contributed by atoms with van der Waals surface area (Å²) in [5, 5.41) is 6.25. The lowest BCUT2D eigenvalue weighted by Gasteiger charge is -2.02. The molecule has 0 unspecified atom stereocenters. The van der Waals surface area contributed by atoms with Crippen LogP contribution >= 0.6 is 0 Å². The molecule has 1 aromatic heterocycles. The third-order valence-electron chi connectivity index (χ3n) is 3.92. The van der Waals surface area contributed by atoms with E-state index in [1.165, 1.54) is 76.4 Å². The average molecular weight is 288 g/mol. The molecule has 2 heteroatoms. The Morgan fingerprint density at radius 1 is 0.857 bits per heavy atom. The summed E-state index contributed by atoms with van der Waals surface area (Å²) in [6, 6.07) is 6.43. The van der Waals surface area contributed by atoms with E-state index >= 15 is 0 Å². The van der Waals surface area contributed by atoms with Gasteiger partial charge < -0.3 is 11.8 Å². The van der Waals surface area contributed by atoms with Crippen LogP contribution in [0.15, 0.2) is 24.4 Å². The fourth-order valence-corrected chi connectivity index (χ4v) is 2.58. The predicted molar refractivity (Wildman–Crippen MR) is 88.2 cm³/mol. The molecule has 0 N–H and O–H groups in total. The number of aryl methyl sites for hydroxylation is 2. The van der Waals surface area contributed by atoms with Crippen LogP contribution in [0.25, 0.3) is 0 Å². The maximum atomic E-state index is 6.25. The summed E-state index contributed by atoms with van der Waals surface area (Å²) in [6.45, 7) is 10.4. The van der Waals surface area contributed by atoms with Crippen molar-refractivity contribution in [2.24, 2.45) is 0 Å². The maximum absolute atomic E-state index is 6.25. The van der Waals surface area contributed by atoms with Gasteiger partial charge in [-0.25, -0.2) is 4.57 Å². The molecule has 0 atom stereocenters. The summed E-state index contributed by atoms with van der Waals surface area (Å²) in [5.74, 6) is 0. The molecule has 1 heterocycles. The van der Waals surface area contributed by atoms with Gasteiger partial charge in [-0.15, -0.1) is 0 Å². The Bertz CT molecular complexity index is 358. The monoisotopic (exact) mass is 288 g/mol. The highest BCUT2D eigenvalue weighted by Crippen LogP contribution is 2.10. The van der Waals surface area contributed by atoms with Crippen molar-refractivity contribution in [1.29, 1.82) is 5.26 Å². The normalized spacial score (nSPS) is 9.90. The lowest BCUT2D eigenvalue weighted by Crippen LogP contribution is -2.36. The lowest BCUT2D eigenvalue weighted by atomic mass is 10.1. The second-order valence-electron chi connectivity index (χ2n) is 5.72. The first-order valence-electron chi connectivity index (χ1n) is 8.52. The Balaban J connectivity index is 0.00000191. The fourth-order valence-electron chi connectivity index (χ4n) is 2.58. The molecular weight excluding hydrogens is 256 g/mol. The summed E-state index contributed by atoms with van der Waals surface area (Å²) >= 11 is 0. The number of nitrogens with zero attached hydrogens (tertiary/aromatic N) is 2. The zero-order chi connectivity index (χ0) is 15.8.